The molecule has 1 unspecified atom stereocenters. The highest BCUT2D eigenvalue weighted by molar-refractivity contribution is 5.44. The summed E-state index contributed by atoms with van der Waals surface area (Å²) in [6.45, 7) is 5.29. The molecule has 1 fully saturated rings. The van der Waals surface area contributed by atoms with Gasteiger partial charge in [0.1, 0.15) is 0 Å². The third-order valence-corrected chi connectivity index (χ3v) is 3.68. The molecule has 1 N–H and O–H groups in total. The van der Waals surface area contributed by atoms with Crippen molar-refractivity contribution >= 4 is 0 Å². The molecule has 2 heteroatoms. The summed E-state index contributed by atoms with van der Waals surface area (Å²) in [6.07, 6.45) is 4.94. The second kappa shape index (κ2) is 5.33. The Balaban J connectivity index is 2.17. The first-order valence-electron chi connectivity index (χ1n) is 6.44. The van der Waals surface area contributed by atoms with Crippen molar-refractivity contribution in [3.63, 3.8) is 0 Å². The molecule has 0 saturated carbocycles. The maximum Gasteiger partial charge on any atom is 0.0994 e. The van der Waals surface area contributed by atoms with Gasteiger partial charge in [-0.2, -0.15) is 5.26 Å². The second-order valence-electron chi connectivity index (χ2n) is 5.06. The second-order valence-corrected chi connectivity index (χ2v) is 5.06. The SMILES string of the molecule is Cc1cc(C)c(CC2CCCCN2)cc1C#N. The van der Waals surface area contributed by atoms with E-state index in [9.17, 15) is 0 Å². The zero-order valence-electron chi connectivity index (χ0n) is 10.7. The van der Waals surface area contributed by atoms with Crippen LogP contribution in [0.2, 0.25) is 0 Å². The standard InChI is InChI=1S/C15H20N2/c1-11-7-12(2)14(10-16)8-13(11)9-15-5-3-4-6-17-15/h7-8,15,17H,3-6,9H2,1-2H3. The molecule has 2 rings (SSSR count). The van der Waals surface area contributed by atoms with Gasteiger partial charge in [0.2, 0.25) is 0 Å². The lowest BCUT2D eigenvalue weighted by atomic mass is 9.92. The van der Waals surface area contributed by atoms with E-state index in [1.165, 1.54) is 30.4 Å². The van der Waals surface area contributed by atoms with Gasteiger partial charge in [-0.05, 0) is 62.4 Å². The molecule has 0 aromatic heterocycles. The van der Waals surface area contributed by atoms with Crippen LogP contribution >= 0.6 is 0 Å². The molecule has 90 valence electrons. The molecule has 1 aromatic rings. The molecule has 1 aromatic carbocycles. The fourth-order valence-electron chi connectivity index (χ4n) is 2.60. The minimum absolute atomic E-state index is 0.594. The van der Waals surface area contributed by atoms with E-state index in [0.29, 0.717) is 6.04 Å². The van der Waals surface area contributed by atoms with Crippen LogP contribution in [-0.4, -0.2) is 12.6 Å². The number of benzene rings is 1. The lowest BCUT2D eigenvalue weighted by molar-refractivity contribution is 0.399. The first kappa shape index (κ1) is 12.1. The fraction of sp³-hybridized carbons (Fsp3) is 0.533. The van der Waals surface area contributed by atoms with Gasteiger partial charge in [0.25, 0.3) is 0 Å². The van der Waals surface area contributed by atoms with E-state index in [4.69, 9.17) is 5.26 Å². The predicted molar refractivity (Wildman–Crippen MR) is 70.0 cm³/mol. The maximum atomic E-state index is 9.07. The van der Waals surface area contributed by atoms with Crippen LogP contribution in [0.4, 0.5) is 0 Å². The van der Waals surface area contributed by atoms with Gasteiger partial charge in [-0.15, -0.1) is 0 Å². The molecule has 0 bridgehead atoms. The third kappa shape index (κ3) is 2.87. The Bertz CT molecular complexity index is 437. The van der Waals surface area contributed by atoms with E-state index in [1.54, 1.807) is 0 Å². The normalized spacial score (nSPS) is 19.9. The number of aryl methyl sites for hydroxylation is 2. The Kier molecular flexibility index (Phi) is 3.81. The molecule has 17 heavy (non-hydrogen) atoms. The van der Waals surface area contributed by atoms with Crippen molar-refractivity contribution in [1.82, 2.24) is 5.32 Å². The van der Waals surface area contributed by atoms with Gasteiger partial charge >= 0.3 is 0 Å². The summed E-state index contributed by atoms with van der Waals surface area (Å²) >= 11 is 0. The van der Waals surface area contributed by atoms with Crippen LogP contribution in [0.1, 0.15) is 41.5 Å². The summed E-state index contributed by atoms with van der Waals surface area (Å²) in [6, 6.07) is 7.08. The molecule has 1 saturated heterocycles. The Labute approximate surface area is 104 Å². The highest BCUT2D eigenvalue weighted by Crippen LogP contribution is 2.19. The van der Waals surface area contributed by atoms with Crippen LogP contribution < -0.4 is 5.32 Å². The van der Waals surface area contributed by atoms with Gasteiger partial charge in [0, 0.05) is 6.04 Å². The molecule has 1 aliphatic rings. The van der Waals surface area contributed by atoms with Crippen LogP contribution in [0.3, 0.4) is 0 Å². The molecule has 0 aliphatic carbocycles. The highest BCUT2D eigenvalue weighted by Gasteiger charge is 2.14. The maximum absolute atomic E-state index is 9.07. The van der Waals surface area contributed by atoms with Crippen molar-refractivity contribution in [3.8, 4) is 6.07 Å². The number of nitriles is 1. The van der Waals surface area contributed by atoms with E-state index in [1.807, 2.05) is 6.92 Å². The van der Waals surface area contributed by atoms with Crippen molar-refractivity contribution < 1.29 is 0 Å². The van der Waals surface area contributed by atoms with Crippen molar-refractivity contribution in [2.75, 3.05) is 6.54 Å². The number of nitrogens with one attached hydrogen (secondary N) is 1. The van der Waals surface area contributed by atoms with Gasteiger partial charge in [-0.1, -0.05) is 12.5 Å². The third-order valence-electron chi connectivity index (χ3n) is 3.68. The minimum Gasteiger partial charge on any atom is -0.314 e. The zero-order valence-corrected chi connectivity index (χ0v) is 10.7. The first-order chi connectivity index (χ1) is 8.20. The van der Waals surface area contributed by atoms with Gasteiger partial charge in [-0.25, -0.2) is 0 Å². The van der Waals surface area contributed by atoms with E-state index < -0.39 is 0 Å². The summed E-state index contributed by atoms with van der Waals surface area (Å²) in [4.78, 5) is 0. The van der Waals surface area contributed by atoms with E-state index in [2.05, 4.69) is 30.4 Å². The van der Waals surface area contributed by atoms with Crippen molar-refractivity contribution in [2.24, 2.45) is 0 Å². The van der Waals surface area contributed by atoms with Gasteiger partial charge in [-0.3, -0.25) is 0 Å². The molecular weight excluding hydrogens is 208 g/mol. The fourth-order valence-corrected chi connectivity index (χ4v) is 2.60. The molecule has 1 heterocycles. The highest BCUT2D eigenvalue weighted by atomic mass is 14.9. The Morgan fingerprint density at radius 1 is 1.29 bits per heavy atom. The van der Waals surface area contributed by atoms with E-state index >= 15 is 0 Å². The zero-order chi connectivity index (χ0) is 12.3. The first-order valence-corrected chi connectivity index (χ1v) is 6.44. The van der Waals surface area contributed by atoms with Gasteiger partial charge < -0.3 is 5.32 Å². The molecule has 0 spiro atoms. The molecule has 1 aliphatic heterocycles. The number of rotatable bonds is 2. The average Bonchev–Trinajstić information content (AvgIpc) is 2.34. The smallest absolute Gasteiger partial charge is 0.0994 e. The van der Waals surface area contributed by atoms with E-state index in [0.717, 1.165) is 24.1 Å². The van der Waals surface area contributed by atoms with Gasteiger partial charge in [0.05, 0.1) is 11.6 Å². The summed E-state index contributed by atoms with van der Waals surface area (Å²) in [5.41, 5.74) is 4.55. The van der Waals surface area contributed by atoms with E-state index in [-0.39, 0.29) is 0 Å². The lowest BCUT2D eigenvalue weighted by Crippen LogP contribution is -2.35. The lowest BCUT2D eigenvalue weighted by Gasteiger charge is -2.24. The van der Waals surface area contributed by atoms with Gasteiger partial charge in [0.15, 0.2) is 0 Å². The Hall–Kier alpha value is -1.33. The topological polar surface area (TPSA) is 35.8 Å². The van der Waals surface area contributed by atoms with Crippen LogP contribution in [0.15, 0.2) is 12.1 Å². The van der Waals surface area contributed by atoms with Crippen LogP contribution in [-0.2, 0) is 6.42 Å². The average molecular weight is 228 g/mol. The summed E-state index contributed by atoms with van der Waals surface area (Å²) in [5.74, 6) is 0. The monoisotopic (exact) mass is 228 g/mol. The number of hydrogen-bond donors (Lipinski definition) is 1. The summed E-state index contributed by atoms with van der Waals surface area (Å²) in [5, 5.41) is 12.6. The molecule has 0 amide bonds. The molecule has 0 radical (unpaired) electrons. The number of nitrogens with zero attached hydrogens (tertiary/aromatic N) is 1. The summed E-state index contributed by atoms with van der Waals surface area (Å²) in [7, 11) is 0. The summed E-state index contributed by atoms with van der Waals surface area (Å²) < 4.78 is 0. The van der Waals surface area contributed by atoms with Crippen LogP contribution in [0.25, 0.3) is 0 Å². The van der Waals surface area contributed by atoms with Crippen LogP contribution in [0.5, 0.6) is 0 Å². The number of piperidine rings is 1. The van der Waals surface area contributed by atoms with Crippen molar-refractivity contribution in [3.05, 3.63) is 34.4 Å². The minimum atomic E-state index is 0.594. The largest absolute Gasteiger partial charge is 0.314 e. The van der Waals surface area contributed by atoms with Crippen LogP contribution in [0, 0.1) is 25.2 Å². The van der Waals surface area contributed by atoms with Crippen molar-refractivity contribution in [1.29, 1.82) is 5.26 Å². The quantitative estimate of drug-likeness (QED) is 0.845. The number of hydrogen-bond acceptors (Lipinski definition) is 2. The predicted octanol–water partition coefficient (Wildman–Crippen LogP) is 2.86. The molecule has 1 atom stereocenters. The van der Waals surface area contributed by atoms with Crippen molar-refractivity contribution in [2.45, 2.75) is 45.6 Å². The Morgan fingerprint density at radius 3 is 2.76 bits per heavy atom. The Morgan fingerprint density at radius 2 is 2.12 bits per heavy atom. The molecule has 2 nitrogen and oxygen atoms in total. The molecular formula is C15H20N2.